The Morgan fingerprint density at radius 3 is 1.25 bits per heavy atom. The van der Waals surface area contributed by atoms with Crippen LogP contribution in [0.1, 0.15) is 0 Å². The summed E-state index contributed by atoms with van der Waals surface area (Å²) in [4.78, 5) is 0. The maximum Gasteiger partial charge on any atom is 0.0351 e. The largest absolute Gasteiger partial charge is 0.388 e. The third-order valence-corrected chi connectivity index (χ3v) is 0.167. The van der Waals surface area contributed by atoms with Gasteiger partial charge in [0.25, 0.3) is 0 Å². The lowest BCUT2D eigenvalue weighted by Gasteiger charge is -1.61. The fraction of sp³-hybridized carbons (Fsp3) is 0.333. The van der Waals surface area contributed by atoms with Crippen LogP contribution in [0.4, 0.5) is 0 Å². The van der Waals surface area contributed by atoms with E-state index in [0.29, 0.717) is 0 Å². The minimum absolute atomic E-state index is 0. The van der Waals surface area contributed by atoms with Crippen molar-refractivity contribution >= 4 is 11.0 Å². The molecule has 0 fully saturated rings. The van der Waals surface area contributed by atoms with Crippen molar-refractivity contribution in [1.82, 2.24) is 0 Å². The second-order valence-electron chi connectivity index (χ2n) is 0.880. The molecule has 0 saturated carbocycles. The normalized spacial score (nSPS) is 4.75. The number of ether oxygens (including phenoxy) is 1. The molecule has 8 heavy (non-hydrogen) atoms. The molecule has 0 aromatic heterocycles. The van der Waals surface area contributed by atoms with Gasteiger partial charge < -0.3 is 4.74 Å². The van der Waals surface area contributed by atoms with Crippen molar-refractivity contribution in [2.75, 3.05) is 14.2 Å². The highest BCUT2D eigenvalue weighted by atomic mass is 28.1. The van der Waals surface area contributed by atoms with Crippen LogP contribution in [0.3, 0.4) is 0 Å². The minimum atomic E-state index is 0. The third kappa shape index (κ3) is 284. The Labute approximate surface area is 56.1 Å². The summed E-state index contributed by atoms with van der Waals surface area (Å²) in [5.41, 5.74) is 0. The molecule has 1 nitrogen and oxygen atoms in total. The Morgan fingerprint density at radius 1 is 1.12 bits per heavy atom. The summed E-state index contributed by atoms with van der Waals surface area (Å²) >= 11 is 0. The van der Waals surface area contributed by atoms with Crippen LogP contribution in [0.15, 0.2) is 25.3 Å². The quantitative estimate of drug-likeness (QED) is 0.365. The molecule has 0 bridgehead atoms. The standard InChI is InChI=1S/C4H6.C2H6O.H4Si/c1-3-4-2;1-3-2;/h3-4H,1-2H2;1-2H3;1H4. The van der Waals surface area contributed by atoms with Gasteiger partial charge in [-0.1, -0.05) is 25.3 Å². The van der Waals surface area contributed by atoms with Crippen LogP contribution in [0.2, 0.25) is 0 Å². The first-order valence-corrected chi connectivity index (χ1v) is 1.97. The molecule has 0 aliphatic heterocycles. The molecule has 0 aromatic rings. The Morgan fingerprint density at radius 2 is 1.25 bits per heavy atom. The molecule has 2 heteroatoms. The van der Waals surface area contributed by atoms with E-state index in [2.05, 4.69) is 17.9 Å². The summed E-state index contributed by atoms with van der Waals surface area (Å²) < 4.78 is 4.25. The zero-order valence-electron chi connectivity index (χ0n) is 4.98. The first-order chi connectivity index (χ1) is 3.33. The maximum atomic E-state index is 4.25. The highest BCUT2D eigenvalue weighted by Crippen LogP contribution is 1.52. The summed E-state index contributed by atoms with van der Waals surface area (Å²) in [7, 11) is 3.25. The van der Waals surface area contributed by atoms with Crippen LogP contribution in [-0.2, 0) is 4.74 Å². The molecule has 0 N–H and O–H groups in total. The van der Waals surface area contributed by atoms with E-state index in [1.54, 1.807) is 26.4 Å². The molecule has 0 amide bonds. The lowest BCUT2D eigenvalue weighted by Crippen LogP contribution is -1.55. The van der Waals surface area contributed by atoms with Gasteiger partial charge in [-0.25, -0.2) is 0 Å². The summed E-state index contributed by atoms with van der Waals surface area (Å²) in [5, 5.41) is 0. The Hall–Kier alpha value is -0.343. The van der Waals surface area contributed by atoms with Crippen LogP contribution in [-0.4, -0.2) is 25.2 Å². The van der Waals surface area contributed by atoms with Gasteiger partial charge in [-0.15, -0.1) is 0 Å². The summed E-state index contributed by atoms with van der Waals surface area (Å²) in [6.45, 7) is 6.72. The maximum absolute atomic E-state index is 4.25. The van der Waals surface area contributed by atoms with Gasteiger partial charge in [0.2, 0.25) is 0 Å². The average Bonchev–Trinajstić information content (AvgIpc) is 1.69. The predicted octanol–water partition coefficient (Wildman–Crippen LogP) is 0.169. The second kappa shape index (κ2) is 30.2. The van der Waals surface area contributed by atoms with E-state index < -0.39 is 0 Å². The van der Waals surface area contributed by atoms with Crippen LogP contribution in [0, 0.1) is 0 Å². The van der Waals surface area contributed by atoms with Crippen molar-refractivity contribution in [3.8, 4) is 0 Å². The smallest absolute Gasteiger partial charge is 0.0351 e. The zero-order chi connectivity index (χ0) is 6.12. The fourth-order valence-electron chi connectivity index (χ4n) is 0. The van der Waals surface area contributed by atoms with Crippen LogP contribution in [0.5, 0.6) is 0 Å². The van der Waals surface area contributed by atoms with E-state index in [1.165, 1.54) is 0 Å². The number of methoxy groups -OCH3 is 1. The number of rotatable bonds is 1. The van der Waals surface area contributed by atoms with E-state index >= 15 is 0 Å². The van der Waals surface area contributed by atoms with Gasteiger partial charge in [0.15, 0.2) is 0 Å². The van der Waals surface area contributed by atoms with E-state index in [9.17, 15) is 0 Å². The molecule has 0 radical (unpaired) electrons. The SMILES string of the molecule is C=CC=C.COC.[SiH4]. The van der Waals surface area contributed by atoms with E-state index in [1.807, 2.05) is 0 Å². The molecule has 0 atom stereocenters. The van der Waals surface area contributed by atoms with Crippen molar-refractivity contribution in [2.24, 2.45) is 0 Å². The van der Waals surface area contributed by atoms with Crippen molar-refractivity contribution in [3.05, 3.63) is 25.3 Å². The first-order valence-electron chi connectivity index (χ1n) is 1.97. The van der Waals surface area contributed by atoms with Crippen molar-refractivity contribution in [3.63, 3.8) is 0 Å². The fourth-order valence-corrected chi connectivity index (χ4v) is 0. The Bertz CT molecular complexity index is 37.8. The summed E-state index contributed by atoms with van der Waals surface area (Å²) in [6.07, 6.45) is 3.28. The topological polar surface area (TPSA) is 9.23 Å². The highest BCUT2D eigenvalue weighted by molar-refractivity contribution is 5.75. The first kappa shape index (κ1) is 15.6. The lowest BCUT2D eigenvalue weighted by molar-refractivity contribution is 0.277. The molecule has 0 aliphatic rings. The average molecular weight is 132 g/mol. The van der Waals surface area contributed by atoms with Crippen LogP contribution < -0.4 is 0 Å². The van der Waals surface area contributed by atoms with Gasteiger partial charge in [-0.2, -0.15) is 0 Å². The van der Waals surface area contributed by atoms with Crippen molar-refractivity contribution < 1.29 is 4.74 Å². The zero-order valence-corrected chi connectivity index (χ0v) is 4.98. The van der Waals surface area contributed by atoms with Gasteiger partial charge in [-0.05, 0) is 11.0 Å². The Kier molecular flexibility index (Phi) is 59.0. The van der Waals surface area contributed by atoms with Crippen molar-refractivity contribution in [2.45, 2.75) is 0 Å². The number of hydrogen-bond acceptors (Lipinski definition) is 1. The highest BCUT2D eigenvalue weighted by Gasteiger charge is 1.29. The second-order valence-corrected chi connectivity index (χ2v) is 0.880. The monoisotopic (exact) mass is 132 g/mol. The molecule has 0 aromatic carbocycles. The third-order valence-electron chi connectivity index (χ3n) is 0.167. The molecular weight excluding hydrogens is 116 g/mol. The molecule has 0 saturated heterocycles. The number of allylic oxidation sites excluding steroid dienone is 2. The minimum Gasteiger partial charge on any atom is -0.388 e. The van der Waals surface area contributed by atoms with Gasteiger partial charge in [0, 0.05) is 14.2 Å². The molecule has 0 unspecified atom stereocenters. The van der Waals surface area contributed by atoms with E-state index in [0.717, 1.165) is 0 Å². The van der Waals surface area contributed by atoms with Crippen LogP contribution >= 0.6 is 0 Å². The summed E-state index contributed by atoms with van der Waals surface area (Å²) in [6, 6.07) is 0. The molecular formula is C6H16OSi. The van der Waals surface area contributed by atoms with Gasteiger partial charge in [0.1, 0.15) is 0 Å². The molecule has 50 valence electrons. The Balaban J connectivity index is -0.0000000575. The van der Waals surface area contributed by atoms with Gasteiger partial charge in [-0.3, -0.25) is 0 Å². The molecule has 0 aliphatic carbocycles. The molecule has 0 rings (SSSR count). The number of hydrogen-bond donors (Lipinski definition) is 0. The van der Waals surface area contributed by atoms with E-state index in [-0.39, 0.29) is 11.0 Å². The summed E-state index contributed by atoms with van der Waals surface area (Å²) in [5.74, 6) is 0. The molecule has 0 heterocycles. The lowest BCUT2D eigenvalue weighted by atomic mass is 10.6. The predicted molar refractivity (Wildman–Crippen MR) is 44.7 cm³/mol. The van der Waals surface area contributed by atoms with Crippen molar-refractivity contribution in [1.29, 1.82) is 0 Å². The van der Waals surface area contributed by atoms with Crippen LogP contribution in [0.25, 0.3) is 0 Å². The van der Waals surface area contributed by atoms with Gasteiger partial charge >= 0.3 is 0 Å². The molecule has 0 spiro atoms. The van der Waals surface area contributed by atoms with Gasteiger partial charge in [0.05, 0.1) is 0 Å². The van der Waals surface area contributed by atoms with E-state index in [4.69, 9.17) is 0 Å².